The molecule has 0 bridgehead atoms. The SMILES string of the molecule is C[SiH](C)C(C)(C)COCc1cc(Br)cc(C(C)(C)C)c1. The minimum absolute atomic E-state index is 0.169. The molecule has 1 aromatic carbocycles. The highest BCUT2D eigenvalue weighted by Crippen LogP contribution is 2.30. The normalized spacial score (nSPS) is 13.1. The van der Waals surface area contributed by atoms with Gasteiger partial charge in [-0.3, -0.25) is 0 Å². The van der Waals surface area contributed by atoms with Gasteiger partial charge in [0.2, 0.25) is 0 Å². The van der Waals surface area contributed by atoms with Gasteiger partial charge in [0.15, 0.2) is 0 Å². The molecule has 20 heavy (non-hydrogen) atoms. The van der Waals surface area contributed by atoms with Crippen molar-refractivity contribution in [1.29, 1.82) is 0 Å². The van der Waals surface area contributed by atoms with Crippen molar-refractivity contribution in [2.45, 2.75) is 64.8 Å². The van der Waals surface area contributed by atoms with Crippen molar-refractivity contribution < 1.29 is 4.74 Å². The average Bonchev–Trinajstić information content (AvgIpc) is 2.26. The maximum atomic E-state index is 5.98. The van der Waals surface area contributed by atoms with Gasteiger partial charge in [-0.2, -0.15) is 0 Å². The van der Waals surface area contributed by atoms with Gasteiger partial charge in [0, 0.05) is 19.9 Å². The fraction of sp³-hybridized carbons (Fsp3) is 0.647. The first kappa shape index (κ1) is 17.9. The lowest BCUT2D eigenvalue weighted by Gasteiger charge is -2.28. The summed E-state index contributed by atoms with van der Waals surface area (Å²) >= 11 is 3.61. The molecule has 0 amide bonds. The first-order chi connectivity index (χ1) is 9.02. The minimum Gasteiger partial charge on any atom is -0.377 e. The fourth-order valence-corrected chi connectivity index (χ4v) is 2.76. The maximum absolute atomic E-state index is 5.98. The summed E-state index contributed by atoms with van der Waals surface area (Å²) in [5.41, 5.74) is 2.77. The van der Waals surface area contributed by atoms with E-state index in [0.717, 1.165) is 11.1 Å². The molecule has 0 heterocycles. The van der Waals surface area contributed by atoms with Crippen molar-refractivity contribution >= 4 is 24.7 Å². The van der Waals surface area contributed by atoms with Crippen LogP contribution in [-0.2, 0) is 16.8 Å². The number of halogens is 1. The smallest absolute Gasteiger partial charge is 0.0717 e. The average molecular weight is 357 g/mol. The molecule has 0 aromatic heterocycles. The summed E-state index contributed by atoms with van der Waals surface area (Å²) in [6.45, 7) is 17.7. The Morgan fingerprint density at radius 2 is 1.65 bits per heavy atom. The van der Waals surface area contributed by atoms with Crippen molar-refractivity contribution in [3.8, 4) is 0 Å². The highest BCUT2D eigenvalue weighted by atomic mass is 79.9. The lowest BCUT2D eigenvalue weighted by atomic mass is 9.86. The van der Waals surface area contributed by atoms with Gasteiger partial charge in [0.25, 0.3) is 0 Å². The maximum Gasteiger partial charge on any atom is 0.0717 e. The van der Waals surface area contributed by atoms with E-state index in [1.165, 1.54) is 11.1 Å². The van der Waals surface area contributed by atoms with Gasteiger partial charge in [-0.05, 0) is 33.7 Å². The van der Waals surface area contributed by atoms with E-state index in [4.69, 9.17) is 4.74 Å². The molecular weight excluding hydrogens is 328 g/mol. The molecule has 1 nitrogen and oxygen atoms in total. The van der Waals surface area contributed by atoms with Crippen LogP contribution in [0, 0.1) is 0 Å². The van der Waals surface area contributed by atoms with Crippen LogP contribution in [0.2, 0.25) is 18.1 Å². The summed E-state index contributed by atoms with van der Waals surface area (Å²) in [5, 5.41) is 0.360. The standard InChI is InChI=1S/C17H29BrOSi/c1-16(2,3)14-8-13(9-15(18)10-14)11-19-12-17(4,5)20(6)7/h8-10,20H,11-12H2,1-7H3. The summed E-state index contributed by atoms with van der Waals surface area (Å²) < 4.78 is 7.12. The predicted octanol–water partition coefficient (Wildman–Crippen LogP) is 5.53. The molecule has 0 saturated carbocycles. The second-order valence-corrected chi connectivity index (χ2v) is 12.5. The number of hydrogen-bond acceptors (Lipinski definition) is 1. The van der Waals surface area contributed by atoms with Gasteiger partial charge < -0.3 is 4.74 Å². The van der Waals surface area contributed by atoms with Crippen molar-refractivity contribution in [1.82, 2.24) is 0 Å². The molecule has 1 rings (SSSR count). The molecule has 0 fully saturated rings. The van der Waals surface area contributed by atoms with Crippen LogP contribution in [0.3, 0.4) is 0 Å². The molecule has 0 aliphatic heterocycles. The lowest BCUT2D eigenvalue weighted by molar-refractivity contribution is 0.101. The van der Waals surface area contributed by atoms with E-state index >= 15 is 0 Å². The Kier molecular flexibility index (Phi) is 6.06. The molecule has 114 valence electrons. The van der Waals surface area contributed by atoms with Crippen LogP contribution in [0.5, 0.6) is 0 Å². The second-order valence-electron chi connectivity index (χ2n) is 7.73. The van der Waals surface area contributed by atoms with E-state index in [1.807, 2.05) is 0 Å². The van der Waals surface area contributed by atoms with Crippen molar-refractivity contribution in [3.63, 3.8) is 0 Å². The Labute approximate surface area is 134 Å². The van der Waals surface area contributed by atoms with Crippen molar-refractivity contribution in [2.24, 2.45) is 0 Å². The van der Waals surface area contributed by atoms with Crippen molar-refractivity contribution in [3.05, 3.63) is 33.8 Å². The van der Waals surface area contributed by atoms with E-state index in [9.17, 15) is 0 Å². The number of hydrogen-bond donors (Lipinski definition) is 0. The summed E-state index contributed by atoms with van der Waals surface area (Å²) in [5.74, 6) is 0. The first-order valence-electron chi connectivity index (χ1n) is 7.40. The molecular formula is C17H29BrOSi. The summed E-state index contributed by atoms with van der Waals surface area (Å²) in [6, 6.07) is 6.63. The second kappa shape index (κ2) is 6.76. The van der Waals surface area contributed by atoms with Crippen LogP contribution < -0.4 is 0 Å². The molecule has 3 heteroatoms. The zero-order valence-electron chi connectivity index (χ0n) is 14.0. The Hall–Kier alpha value is -0.123. The van der Waals surface area contributed by atoms with Crippen LogP contribution >= 0.6 is 15.9 Å². The van der Waals surface area contributed by atoms with Gasteiger partial charge in [-0.1, -0.05) is 69.7 Å². The Balaban J connectivity index is 2.72. The van der Waals surface area contributed by atoms with Crippen LogP contribution in [-0.4, -0.2) is 15.4 Å². The van der Waals surface area contributed by atoms with Crippen LogP contribution in [0.15, 0.2) is 22.7 Å². The van der Waals surface area contributed by atoms with Gasteiger partial charge in [-0.25, -0.2) is 0 Å². The summed E-state index contributed by atoms with van der Waals surface area (Å²) in [6.07, 6.45) is 0. The van der Waals surface area contributed by atoms with E-state index in [0.29, 0.717) is 11.6 Å². The Morgan fingerprint density at radius 3 is 2.15 bits per heavy atom. The minimum atomic E-state index is -0.687. The van der Waals surface area contributed by atoms with Gasteiger partial charge in [0.1, 0.15) is 0 Å². The van der Waals surface area contributed by atoms with E-state index in [1.54, 1.807) is 0 Å². The van der Waals surface area contributed by atoms with Gasteiger partial charge in [0.05, 0.1) is 6.61 Å². The first-order valence-corrected chi connectivity index (χ1v) is 11.1. The lowest BCUT2D eigenvalue weighted by Crippen LogP contribution is -2.26. The fourth-order valence-electron chi connectivity index (χ4n) is 1.77. The number of rotatable bonds is 5. The molecule has 0 radical (unpaired) electrons. The van der Waals surface area contributed by atoms with Crippen LogP contribution in [0.4, 0.5) is 0 Å². The summed E-state index contributed by atoms with van der Waals surface area (Å²) in [7, 11) is -0.687. The molecule has 0 spiro atoms. The third-order valence-corrected chi connectivity index (χ3v) is 7.88. The van der Waals surface area contributed by atoms with Crippen LogP contribution in [0.25, 0.3) is 0 Å². The summed E-state index contributed by atoms with van der Waals surface area (Å²) in [4.78, 5) is 0. The number of benzene rings is 1. The molecule has 0 atom stereocenters. The van der Waals surface area contributed by atoms with Gasteiger partial charge in [-0.15, -0.1) is 0 Å². The zero-order chi connectivity index (χ0) is 15.6. The monoisotopic (exact) mass is 356 g/mol. The highest BCUT2D eigenvalue weighted by Gasteiger charge is 2.23. The molecule has 1 aromatic rings. The zero-order valence-corrected chi connectivity index (χ0v) is 16.8. The molecule has 0 saturated heterocycles. The Bertz CT molecular complexity index is 447. The highest BCUT2D eigenvalue weighted by molar-refractivity contribution is 9.10. The largest absolute Gasteiger partial charge is 0.377 e. The number of ether oxygens (including phenoxy) is 1. The van der Waals surface area contributed by atoms with E-state index in [2.05, 4.69) is 81.8 Å². The van der Waals surface area contributed by atoms with Crippen molar-refractivity contribution in [2.75, 3.05) is 6.61 Å². The molecule has 0 aliphatic rings. The third-order valence-electron chi connectivity index (χ3n) is 4.13. The predicted molar refractivity (Wildman–Crippen MR) is 95.4 cm³/mol. The van der Waals surface area contributed by atoms with E-state index < -0.39 is 8.80 Å². The third kappa shape index (κ3) is 5.34. The Morgan fingerprint density at radius 1 is 1.05 bits per heavy atom. The van der Waals surface area contributed by atoms with Gasteiger partial charge >= 0.3 is 0 Å². The van der Waals surface area contributed by atoms with E-state index in [-0.39, 0.29) is 5.41 Å². The molecule has 0 unspecified atom stereocenters. The van der Waals surface area contributed by atoms with Crippen LogP contribution in [0.1, 0.15) is 45.7 Å². The molecule has 0 N–H and O–H groups in total. The molecule has 0 aliphatic carbocycles. The quantitative estimate of drug-likeness (QED) is 0.630. The topological polar surface area (TPSA) is 9.23 Å².